The highest BCUT2D eigenvalue weighted by molar-refractivity contribution is 6.37. The summed E-state index contributed by atoms with van der Waals surface area (Å²) in [4.78, 5) is 35.5. The average molecular weight is 334 g/mol. The molecule has 1 atom stereocenters. The molecule has 0 bridgehead atoms. The Hall–Kier alpha value is -2.90. The minimum atomic E-state index is -1.03. The minimum absolute atomic E-state index is 0.0796. The van der Waals surface area contributed by atoms with Crippen LogP contribution < -0.4 is 14.9 Å². The van der Waals surface area contributed by atoms with Gasteiger partial charge in [-0.2, -0.15) is 5.10 Å². The normalized spacial score (nSPS) is 15.0. The van der Waals surface area contributed by atoms with Crippen molar-refractivity contribution in [1.82, 2.24) is 5.43 Å². The lowest BCUT2D eigenvalue weighted by molar-refractivity contribution is -0.138. The summed E-state index contributed by atoms with van der Waals surface area (Å²) in [5, 5.41) is 3.64. The average Bonchev–Trinajstić information content (AvgIpc) is 2.60. The number of nitrogens with zero attached hydrogens (tertiary/aromatic N) is 1. The summed E-state index contributed by atoms with van der Waals surface area (Å²) in [6, 6.07) is 4.73. The Morgan fingerprint density at radius 2 is 1.96 bits per heavy atom. The van der Waals surface area contributed by atoms with Gasteiger partial charge in [-0.25, -0.2) is 10.2 Å². The first-order valence-corrected chi connectivity index (χ1v) is 7.29. The highest BCUT2D eigenvalue weighted by Crippen LogP contribution is 2.26. The van der Waals surface area contributed by atoms with Crippen LogP contribution in [-0.2, 0) is 14.3 Å². The number of carbonyl (C=O) groups excluding carboxylic acids is 3. The molecule has 24 heavy (non-hydrogen) atoms. The molecule has 1 unspecified atom stereocenters. The Labute approximate surface area is 138 Å². The fourth-order valence-corrected chi connectivity index (χ4v) is 2.12. The molecule has 8 nitrogen and oxygen atoms in total. The monoisotopic (exact) mass is 334 g/mol. The lowest BCUT2D eigenvalue weighted by atomic mass is 10.1. The molecule has 0 saturated heterocycles. The van der Waals surface area contributed by atoms with Crippen LogP contribution in [0.1, 0.15) is 30.1 Å². The maximum Gasteiger partial charge on any atom is 0.355 e. The summed E-state index contributed by atoms with van der Waals surface area (Å²) in [6.45, 7) is 1.46. The molecule has 8 heteroatoms. The van der Waals surface area contributed by atoms with Crippen molar-refractivity contribution in [3.05, 3.63) is 23.8 Å². The second-order valence-corrected chi connectivity index (χ2v) is 5.07. The molecule has 1 amide bonds. The lowest BCUT2D eigenvalue weighted by Crippen LogP contribution is -2.34. The van der Waals surface area contributed by atoms with E-state index in [0.29, 0.717) is 11.5 Å². The number of esters is 1. The van der Waals surface area contributed by atoms with Crippen molar-refractivity contribution in [2.45, 2.75) is 25.9 Å². The molecule has 0 aliphatic carbocycles. The molecule has 0 fully saturated rings. The number of hydrogen-bond donors (Lipinski definition) is 1. The van der Waals surface area contributed by atoms with Gasteiger partial charge in [0, 0.05) is 18.9 Å². The van der Waals surface area contributed by atoms with E-state index in [9.17, 15) is 14.4 Å². The summed E-state index contributed by atoms with van der Waals surface area (Å²) in [5.74, 6) is -0.546. The molecule has 1 N–H and O–H groups in total. The fraction of sp³-hybridized carbons (Fsp3) is 0.375. The van der Waals surface area contributed by atoms with Crippen LogP contribution in [0.15, 0.2) is 23.3 Å². The molecule has 1 heterocycles. The SMILES string of the molecule is COc1ccc(C(=O)C(C)OC(=O)C2=NNC(=O)CC2)c(OC)c1. The number of amides is 1. The van der Waals surface area contributed by atoms with Gasteiger partial charge in [-0.1, -0.05) is 0 Å². The molecule has 1 aromatic rings. The molecule has 0 radical (unpaired) electrons. The number of benzene rings is 1. The second-order valence-electron chi connectivity index (χ2n) is 5.07. The van der Waals surface area contributed by atoms with Gasteiger partial charge < -0.3 is 14.2 Å². The molecule has 1 aliphatic heterocycles. The Morgan fingerprint density at radius 3 is 2.54 bits per heavy atom. The predicted molar refractivity (Wildman–Crippen MR) is 84.2 cm³/mol. The molecule has 1 aliphatic rings. The van der Waals surface area contributed by atoms with Gasteiger partial charge in [0.25, 0.3) is 0 Å². The van der Waals surface area contributed by atoms with Crippen molar-refractivity contribution < 1.29 is 28.6 Å². The summed E-state index contributed by atoms with van der Waals surface area (Å²) >= 11 is 0. The van der Waals surface area contributed by atoms with Crippen LogP contribution in [0.25, 0.3) is 0 Å². The van der Waals surface area contributed by atoms with Crippen LogP contribution in [-0.4, -0.2) is 43.7 Å². The zero-order valence-corrected chi connectivity index (χ0v) is 13.6. The van der Waals surface area contributed by atoms with E-state index in [2.05, 4.69) is 10.5 Å². The Morgan fingerprint density at radius 1 is 1.21 bits per heavy atom. The molecule has 2 rings (SSSR count). The number of nitrogens with one attached hydrogen (secondary N) is 1. The Bertz CT molecular complexity index is 698. The number of Topliss-reactive ketones (excluding diaryl/α,β-unsaturated/α-hetero) is 1. The zero-order valence-electron chi connectivity index (χ0n) is 13.6. The number of ketones is 1. The molecular weight excluding hydrogens is 316 g/mol. The van der Waals surface area contributed by atoms with Gasteiger partial charge in [-0.3, -0.25) is 9.59 Å². The number of methoxy groups -OCH3 is 2. The van der Waals surface area contributed by atoms with E-state index < -0.39 is 17.9 Å². The van der Waals surface area contributed by atoms with E-state index >= 15 is 0 Å². The quantitative estimate of drug-likeness (QED) is 0.617. The van der Waals surface area contributed by atoms with Crippen LogP contribution in [0.5, 0.6) is 11.5 Å². The first-order valence-electron chi connectivity index (χ1n) is 7.29. The van der Waals surface area contributed by atoms with E-state index in [0.717, 1.165) is 0 Å². The van der Waals surface area contributed by atoms with Gasteiger partial charge in [0.05, 0.1) is 19.8 Å². The van der Waals surface area contributed by atoms with Crippen LogP contribution in [0, 0.1) is 0 Å². The topological polar surface area (TPSA) is 103 Å². The standard InChI is InChI=1S/C16H18N2O6/c1-9(24-16(21)12-6-7-14(19)18-17-12)15(20)11-5-4-10(22-2)8-13(11)23-3/h4-5,8-9H,6-7H2,1-3H3,(H,18,19). The summed E-state index contributed by atoms with van der Waals surface area (Å²) < 4.78 is 15.4. The van der Waals surface area contributed by atoms with Crippen molar-refractivity contribution >= 4 is 23.4 Å². The Kier molecular flexibility index (Phi) is 5.51. The third-order valence-corrected chi connectivity index (χ3v) is 3.47. The molecule has 0 saturated carbocycles. The van der Waals surface area contributed by atoms with Gasteiger partial charge >= 0.3 is 5.97 Å². The minimum Gasteiger partial charge on any atom is -0.497 e. The second kappa shape index (κ2) is 7.58. The highest BCUT2D eigenvalue weighted by Gasteiger charge is 2.26. The predicted octanol–water partition coefficient (Wildman–Crippen LogP) is 1.08. The number of hydrogen-bond acceptors (Lipinski definition) is 7. The van der Waals surface area contributed by atoms with Gasteiger partial charge in [-0.15, -0.1) is 0 Å². The van der Waals surface area contributed by atoms with E-state index in [4.69, 9.17) is 14.2 Å². The number of ether oxygens (including phenoxy) is 3. The van der Waals surface area contributed by atoms with E-state index in [-0.39, 0.29) is 30.0 Å². The van der Waals surface area contributed by atoms with Crippen molar-refractivity contribution in [3.63, 3.8) is 0 Å². The molecule has 0 spiro atoms. The summed E-state index contributed by atoms with van der Waals surface area (Å²) in [6.07, 6.45) is -0.694. The first kappa shape index (κ1) is 17.5. The number of hydrazone groups is 1. The van der Waals surface area contributed by atoms with Gasteiger partial charge in [0.15, 0.2) is 6.10 Å². The van der Waals surface area contributed by atoms with E-state index in [1.165, 1.54) is 21.1 Å². The molecule has 0 aromatic heterocycles. The van der Waals surface area contributed by atoms with Crippen LogP contribution in [0.3, 0.4) is 0 Å². The van der Waals surface area contributed by atoms with Crippen molar-refractivity contribution in [2.24, 2.45) is 5.10 Å². The zero-order chi connectivity index (χ0) is 17.7. The number of carbonyl (C=O) groups is 3. The smallest absolute Gasteiger partial charge is 0.355 e. The summed E-state index contributed by atoms with van der Waals surface area (Å²) in [7, 11) is 2.94. The Balaban J connectivity index is 2.09. The molecule has 1 aromatic carbocycles. The summed E-state index contributed by atoms with van der Waals surface area (Å²) in [5.41, 5.74) is 2.56. The van der Waals surface area contributed by atoms with Crippen LogP contribution in [0.4, 0.5) is 0 Å². The van der Waals surface area contributed by atoms with Crippen LogP contribution >= 0.6 is 0 Å². The van der Waals surface area contributed by atoms with Crippen molar-refractivity contribution in [3.8, 4) is 11.5 Å². The molecule has 128 valence electrons. The lowest BCUT2D eigenvalue weighted by Gasteiger charge is -2.16. The van der Waals surface area contributed by atoms with Gasteiger partial charge in [-0.05, 0) is 19.1 Å². The third kappa shape index (κ3) is 3.89. The maximum atomic E-state index is 12.5. The maximum absolute atomic E-state index is 12.5. The van der Waals surface area contributed by atoms with Gasteiger partial charge in [0.2, 0.25) is 11.7 Å². The van der Waals surface area contributed by atoms with E-state index in [1.54, 1.807) is 18.2 Å². The molecular formula is C16H18N2O6. The fourth-order valence-electron chi connectivity index (χ4n) is 2.12. The van der Waals surface area contributed by atoms with Gasteiger partial charge in [0.1, 0.15) is 17.2 Å². The van der Waals surface area contributed by atoms with Crippen molar-refractivity contribution in [1.29, 1.82) is 0 Å². The largest absolute Gasteiger partial charge is 0.497 e. The number of rotatable bonds is 6. The highest BCUT2D eigenvalue weighted by atomic mass is 16.5. The van der Waals surface area contributed by atoms with Crippen LogP contribution in [0.2, 0.25) is 0 Å². The van der Waals surface area contributed by atoms with E-state index in [1.807, 2.05) is 0 Å². The first-order chi connectivity index (χ1) is 11.5. The van der Waals surface area contributed by atoms with Crippen molar-refractivity contribution in [2.75, 3.05) is 14.2 Å². The third-order valence-electron chi connectivity index (χ3n) is 3.47.